The summed E-state index contributed by atoms with van der Waals surface area (Å²) in [4.78, 5) is 26.8. The number of aryl methyl sites for hydroxylation is 1. The number of rotatable bonds is 5. The lowest BCUT2D eigenvalue weighted by molar-refractivity contribution is 0.0763. The Balaban J connectivity index is 2.53. The van der Waals surface area contributed by atoms with E-state index >= 15 is 0 Å². The molecule has 1 amide bonds. The summed E-state index contributed by atoms with van der Waals surface area (Å²) in [6, 6.07) is 7.31. The minimum Gasteiger partial charge on any atom is -0.339 e. The Hall–Kier alpha value is -2.10. The number of benzene rings is 1. The van der Waals surface area contributed by atoms with Crippen LogP contribution >= 0.6 is 0 Å². The number of hydrogen-bond donors (Lipinski definition) is 0. The highest BCUT2D eigenvalue weighted by Crippen LogP contribution is 2.17. The molecule has 0 radical (unpaired) electrons. The second-order valence-electron chi connectivity index (χ2n) is 5.24. The van der Waals surface area contributed by atoms with Crippen LogP contribution in [0.15, 0.2) is 35.3 Å². The van der Waals surface area contributed by atoms with Gasteiger partial charge in [-0.2, -0.15) is 0 Å². The molecule has 0 atom stereocenters. The van der Waals surface area contributed by atoms with Crippen molar-refractivity contribution in [2.45, 2.75) is 26.7 Å². The molecule has 4 heteroatoms. The minimum absolute atomic E-state index is 0.00208. The van der Waals surface area contributed by atoms with Gasteiger partial charge in [0.25, 0.3) is 11.5 Å². The number of amides is 1. The van der Waals surface area contributed by atoms with Crippen molar-refractivity contribution in [1.29, 1.82) is 0 Å². The number of fused-ring (bicyclic) bond motifs is 1. The molecule has 4 nitrogen and oxygen atoms in total. The number of carbonyl (C=O) groups is 1. The van der Waals surface area contributed by atoms with Crippen LogP contribution in [-0.4, -0.2) is 28.5 Å². The maximum atomic E-state index is 12.8. The molecule has 0 saturated carbocycles. The second-order valence-corrected chi connectivity index (χ2v) is 5.24. The van der Waals surface area contributed by atoms with E-state index in [1.807, 2.05) is 30.0 Å². The van der Waals surface area contributed by atoms with Crippen LogP contribution in [0.5, 0.6) is 0 Å². The van der Waals surface area contributed by atoms with Gasteiger partial charge in [0, 0.05) is 37.1 Å². The Bertz CT molecular complexity index is 703. The smallest absolute Gasteiger partial charge is 0.258 e. The van der Waals surface area contributed by atoms with E-state index in [1.54, 1.807) is 19.3 Å². The van der Waals surface area contributed by atoms with E-state index in [2.05, 4.69) is 6.92 Å². The van der Waals surface area contributed by atoms with Gasteiger partial charge in [-0.1, -0.05) is 31.5 Å². The van der Waals surface area contributed by atoms with Gasteiger partial charge in [-0.3, -0.25) is 9.59 Å². The third-order valence-electron chi connectivity index (χ3n) is 3.77. The molecule has 2 rings (SSSR count). The summed E-state index contributed by atoms with van der Waals surface area (Å²) in [5.74, 6) is -0.00208. The number of unbranched alkanes of at least 4 members (excludes halogenated alkanes) is 1. The molecular weight excluding hydrogens is 264 g/mol. The van der Waals surface area contributed by atoms with Crippen LogP contribution in [0.4, 0.5) is 0 Å². The lowest BCUT2D eigenvalue weighted by Crippen LogP contribution is -2.33. The van der Waals surface area contributed by atoms with Crippen LogP contribution in [0.2, 0.25) is 0 Å². The molecule has 0 spiro atoms. The number of carbonyl (C=O) groups excluding carboxylic acids is 1. The normalized spacial score (nSPS) is 10.8. The molecule has 0 bridgehead atoms. The fraction of sp³-hybridized carbons (Fsp3) is 0.412. The average molecular weight is 286 g/mol. The lowest BCUT2D eigenvalue weighted by Gasteiger charge is -2.21. The SMILES string of the molecule is CCCCN(CC)C(=O)c1cn(C)c(=O)c2ccccc12. The van der Waals surface area contributed by atoms with E-state index in [0.717, 1.165) is 24.8 Å². The fourth-order valence-electron chi connectivity index (χ4n) is 2.51. The molecule has 0 saturated heterocycles. The molecule has 0 fully saturated rings. The van der Waals surface area contributed by atoms with Crippen molar-refractivity contribution in [2.75, 3.05) is 13.1 Å². The van der Waals surface area contributed by atoms with Crippen molar-refractivity contribution >= 4 is 16.7 Å². The highest BCUT2D eigenvalue weighted by atomic mass is 16.2. The third kappa shape index (κ3) is 2.99. The fourth-order valence-corrected chi connectivity index (χ4v) is 2.51. The predicted octanol–water partition coefficient (Wildman–Crippen LogP) is 2.80. The lowest BCUT2D eigenvalue weighted by atomic mass is 10.1. The van der Waals surface area contributed by atoms with E-state index in [1.165, 1.54) is 4.57 Å². The molecule has 0 aliphatic rings. The third-order valence-corrected chi connectivity index (χ3v) is 3.77. The van der Waals surface area contributed by atoms with Gasteiger partial charge in [-0.25, -0.2) is 0 Å². The molecule has 0 aliphatic carbocycles. The van der Waals surface area contributed by atoms with E-state index in [-0.39, 0.29) is 11.5 Å². The van der Waals surface area contributed by atoms with E-state index in [9.17, 15) is 9.59 Å². The van der Waals surface area contributed by atoms with Gasteiger partial charge < -0.3 is 9.47 Å². The quantitative estimate of drug-likeness (QED) is 0.848. The van der Waals surface area contributed by atoms with Gasteiger partial charge in [-0.15, -0.1) is 0 Å². The zero-order valence-corrected chi connectivity index (χ0v) is 12.9. The first-order valence-corrected chi connectivity index (χ1v) is 7.47. The molecule has 0 unspecified atom stereocenters. The molecule has 1 aromatic carbocycles. The Morgan fingerprint density at radius 3 is 2.48 bits per heavy atom. The topological polar surface area (TPSA) is 42.3 Å². The van der Waals surface area contributed by atoms with Crippen molar-refractivity contribution in [3.8, 4) is 0 Å². The number of nitrogens with zero attached hydrogens (tertiary/aromatic N) is 2. The Morgan fingerprint density at radius 1 is 1.19 bits per heavy atom. The van der Waals surface area contributed by atoms with Crippen LogP contribution in [0.25, 0.3) is 10.8 Å². The Morgan fingerprint density at radius 2 is 1.86 bits per heavy atom. The van der Waals surface area contributed by atoms with E-state index in [4.69, 9.17) is 0 Å². The molecule has 2 aromatic rings. The Labute approximate surface area is 125 Å². The number of hydrogen-bond acceptors (Lipinski definition) is 2. The minimum atomic E-state index is -0.0706. The van der Waals surface area contributed by atoms with E-state index < -0.39 is 0 Å². The largest absolute Gasteiger partial charge is 0.339 e. The zero-order valence-electron chi connectivity index (χ0n) is 12.9. The molecule has 0 aliphatic heterocycles. The molecule has 0 N–H and O–H groups in total. The summed E-state index contributed by atoms with van der Waals surface area (Å²) < 4.78 is 1.49. The van der Waals surface area contributed by atoms with Crippen molar-refractivity contribution in [1.82, 2.24) is 9.47 Å². The first kappa shape index (κ1) is 15.3. The second kappa shape index (κ2) is 6.57. The highest BCUT2D eigenvalue weighted by Gasteiger charge is 2.18. The molecule has 112 valence electrons. The van der Waals surface area contributed by atoms with Crippen molar-refractivity contribution in [2.24, 2.45) is 7.05 Å². The molecular formula is C17H22N2O2. The first-order valence-electron chi connectivity index (χ1n) is 7.47. The summed E-state index contributed by atoms with van der Waals surface area (Å²) >= 11 is 0. The summed E-state index contributed by atoms with van der Waals surface area (Å²) in [6.45, 7) is 5.52. The maximum Gasteiger partial charge on any atom is 0.258 e. The van der Waals surface area contributed by atoms with Crippen LogP contribution in [0, 0.1) is 0 Å². The van der Waals surface area contributed by atoms with Crippen LogP contribution in [-0.2, 0) is 7.05 Å². The van der Waals surface area contributed by atoms with Crippen LogP contribution in [0.3, 0.4) is 0 Å². The summed E-state index contributed by atoms with van der Waals surface area (Å²) in [5, 5.41) is 1.33. The van der Waals surface area contributed by atoms with E-state index in [0.29, 0.717) is 17.5 Å². The highest BCUT2D eigenvalue weighted by molar-refractivity contribution is 6.06. The van der Waals surface area contributed by atoms with Crippen molar-refractivity contribution < 1.29 is 4.79 Å². The van der Waals surface area contributed by atoms with Gasteiger partial charge in [0.15, 0.2) is 0 Å². The zero-order chi connectivity index (χ0) is 15.4. The van der Waals surface area contributed by atoms with Crippen molar-refractivity contribution in [3.05, 3.63) is 46.4 Å². The molecule has 1 heterocycles. The summed E-state index contributed by atoms with van der Waals surface area (Å²) in [7, 11) is 1.69. The predicted molar refractivity (Wildman–Crippen MR) is 85.7 cm³/mol. The molecule has 21 heavy (non-hydrogen) atoms. The van der Waals surface area contributed by atoms with Crippen LogP contribution < -0.4 is 5.56 Å². The maximum absolute atomic E-state index is 12.8. The van der Waals surface area contributed by atoms with Crippen molar-refractivity contribution in [3.63, 3.8) is 0 Å². The monoisotopic (exact) mass is 286 g/mol. The van der Waals surface area contributed by atoms with Gasteiger partial charge in [-0.05, 0) is 19.4 Å². The summed E-state index contributed by atoms with van der Waals surface area (Å²) in [5.41, 5.74) is 0.532. The number of aromatic nitrogens is 1. The van der Waals surface area contributed by atoms with Gasteiger partial charge >= 0.3 is 0 Å². The Kier molecular flexibility index (Phi) is 4.78. The molecule has 1 aromatic heterocycles. The average Bonchev–Trinajstić information content (AvgIpc) is 2.51. The summed E-state index contributed by atoms with van der Waals surface area (Å²) in [6.07, 6.45) is 3.70. The van der Waals surface area contributed by atoms with Crippen LogP contribution in [0.1, 0.15) is 37.0 Å². The standard InChI is InChI=1S/C17H22N2O2/c1-4-6-11-19(5-2)17(21)15-12-18(3)16(20)14-10-8-7-9-13(14)15/h7-10,12H,4-6,11H2,1-3H3. The van der Waals surface area contributed by atoms with Gasteiger partial charge in [0.1, 0.15) is 0 Å². The van der Waals surface area contributed by atoms with Gasteiger partial charge in [0.2, 0.25) is 0 Å². The van der Waals surface area contributed by atoms with Gasteiger partial charge in [0.05, 0.1) is 5.56 Å². The number of pyridine rings is 1. The first-order chi connectivity index (χ1) is 10.1.